The molecule has 39 heavy (non-hydrogen) atoms. The molecule has 9 nitrogen and oxygen atoms in total. The van der Waals surface area contributed by atoms with Crippen molar-refractivity contribution < 1.29 is 19.2 Å². The van der Waals surface area contributed by atoms with Gasteiger partial charge in [-0.1, -0.05) is 42.5 Å². The topological polar surface area (TPSA) is 113 Å². The number of aldehydes is 1. The second-order valence-corrected chi connectivity index (χ2v) is 9.84. The number of aromatic nitrogens is 2. The fourth-order valence-electron chi connectivity index (χ4n) is 5.17. The SMILES string of the molecule is C/C=C\c1ccc(-c2cccc3c2c(C2CCN(C(C)=O)CC2)nn3CC(=O)NCC(=O)NCC=O)cc1C. The Morgan fingerprint density at radius 3 is 2.51 bits per heavy atom. The number of fused-ring (bicyclic) bond motifs is 1. The molecule has 3 amide bonds. The summed E-state index contributed by atoms with van der Waals surface area (Å²) in [5, 5.41) is 11.0. The molecule has 1 fully saturated rings. The number of amides is 3. The highest BCUT2D eigenvalue weighted by atomic mass is 16.2. The predicted octanol–water partition coefficient (Wildman–Crippen LogP) is 3.20. The van der Waals surface area contributed by atoms with Gasteiger partial charge in [0.25, 0.3) is 0 Å². The molecule has 3 aromatic rings. The van der Waals surface area contributed by atoms with Gasteiger partial charge in [-0.3, -0.25) is 19.1 Å². The van der Waals surface area contributed by atoms with Crippen LogP contribution in [0.3, 0.4) is 0 Å². The van der Waals surface area contributed by atoms with E-state index in [2.05, 4.69) is 47.9 Å². The van der Waals surface area contributed by atoms with E-state index in [-0.39, 0.29) is 37.4 Å². The van der Waals surface area contributed by atoms with Gasteiger partial charge in [-0.25, -0.2) is 0 Å². The zero-order valence-corrected chi connectivity index (χ0v) is 22.7. The Morgan fingerprint density at radius 2 is 1.85 bits per heavy atom. The summed E-state index contributed by atoms with van der Waals surface area (Å²) in [7, 11) is 0. The summed E-state index contributed by atoms with van der Waals surface area (Å²) in [5.74, 6) is -0.561. The first-order chi connectivity index (χ1) is 18.8. The van der Waals surface area contributed by atoms with Gasteiger partial charge in [0.1, 0.15) is 12.8 Å². The van der Waals surface area contributed by atoms with E-state index >= 15 is 0 Å². The molecule has 2 aromatic carbocycles. The highest BCUT2D eigenvalue weighted by Crippen LogP contribution is 2.38. The van der Waals surface area contributed by atoms with E-state index in [1.807, 2.05) is 30.0 Å². The van der Waals surface area contributed by atoms with Gasteiger partial charge < -0.3 is 20.3 Å². The molecule has 1 aliphatic rings. The van der Waals surface area contributed by atoms with Crippen molar-refractivity contribution in [1.29, 1.82) is 0 Å². The van der Waals surface area contributed by atoms with Crippen LogP contribution in [0.15, 0.2) is 42.5 Å². The number of carbonyl (C=O) groups excluding carboxylic acids is 4. The highest BCUT2D eigenvalue weighted by Gasteiger charge is 2.28. The zero-order chi connectivity index (χ0) is 27.9. The maximum Gasteiger partial charge on any atom is 0.242 e. The molecule has 1 aromatic heterocycles. The number of benzene rings is 2. The van der Waals surface area contributed by atoms with Crippen LogP contribution in [0.1, 0.15) is 49.4 Å². The van der Waals surface area contributed by atoms with Crippen molar-refractivity contribution in [3.8, 4) is 11.1 Å². The Balaban J connectivity index is 1.70. The Kier molecular flexibility index (Phi) is 8.91. The van der Waals surface area contributed by atoms with Gasteiger partial charge in [-0.2, -0.15) is 5.10 Å². The maximum absolute atomic E-state index is 12.8. The van der Waals surface area contributed by atoms with Crippen LogP contribution in [0.5, 0.6) is 0 Å². The lowest BCUT2D eigenvalue weighted by molar-refractivity contribution is -0.130. The second kappa shape index (κ2) is 12.5. The molecule has 0 saturated carbocycles. The lowest BCUT2D eigenvalue weighted by Gasteiger charge is -2.30. The number of rotatable bonds is 9. The maximum atomic E-state index is 12.8. The van der Waals surface area contributed by atoms with Crippen molar-refractivity contribution >= 4 is 41.0 Å². The molecule has 0 bridgehead atoms. The number of piperidine rings is 1. The molecule has 4 rings (SSSR count). The van der Waals surface area contributed by atoms with Crippen LogP contribution in [0, 0.1) is 6.92 Å². The molecule has 204 valence electrons. The monoisotopic (exact) mass is 529 g/mol. The third kappa shape index (κ3) is 6.42. The first-order valence-corrected chi connectivity index (χ1v) is 13.3. The van der Waals surface area contributed by atoms with Gasteiger partial charge in [0.15, 0.2) is 0 Å². The number of carbonyl (C=O) groups is 4. The largest absolute Gasteiger partial charge is 0.348 e. The summed E-state index contributed by atoms with van der Waals surface area (Å²) >= 11 is 0. The quantitative estimate of drug-likeness (QED) is 0.414. The molecule has 0 radical (unpaired) electrons. The molecule has 9 heteroatoms. The highest BCUT2D eigenvalue weighted by molar-refractivity contribution is 5.98. The number of hydrogen-bond donors (Lipinski definition) is 2. The molecule has 0 unspecified atom stereocenters. The summed E-state index contributed by atoms with van der Waals surface area (Å²) in [6.45, 7) is 6.67. The van der Waals surface area contributed by atoms with Crippen LogP contribution in [0.4, 0.5) is 0 Å². The molecule has 0 aliphatic carbocycles. The summed E-state index contributed by atoms with van der Waals surface area (Å²) < 4.78 is 1.70. The van der Waals surface area contributed by atoms with Crippen molar-refractivity contribution in [1.82, 2.24) is 25.3 Å². The minimum atomic E-state index is -0.433. The van der Waals surface area contributed by atoms with Gasteiger partial charge in [0, 0.05) is 31.3 Å². The second-order valence-electron chi connectivity index (χ2n) is 9.84. The van der Waals surface area contributed by atoms with E-state index in [0.717, 1.165) is 46.1 Å². The fraction of sp³-hybridized carbons (Fsp3) is 0.367. The van der Waals surface area contributed by atoms with Crippen molar-refractivity contribution in [2.45, 2.75) is 46.1 Å². The number of allylic oxidation sites excluding steroid dienone is 1. The third-order valence-electron chi connectivity index (χ3n) is 7.18. The van der Waals surface area contributed by atoms with E-state index in [1.165, 1.54) is 5.56 Å². The molecule has 1 aliphatic heterocycles. The van der Waals surface area contributed by atoms with E-state index in [0.29, 0.717) is 19.4 Å². The minimum Gasteiger partial charge on any atom is -0.348 e. The van der Waals surface area contributed by atoms with Gasteiger partial charge >= 0.3 is 0 Å². The fourth-order valence-corrected chi connectivity index (χ4v) is 5.17. The summed E-state index contributed by atoms with van der Waals surface area (Å²) in [6.07, 6.45) is 6.29. The predicted molar refractivity (Wildman–Crippen MR) is 151 cm³/mol. The van der Waals surface area contributed by atoms with Crippen molar-refractivity contribution in [2.75, 3.05) is 26.2 Å². The molecule has 0 spiro atoms. The molecule has 0 atom stereocenters. The van der Waals surface area contributed by atoms with Crippen LogP contribution >= 0.6 is 0 Å². The third-order valence-corrected chi connectivity index (χ3v) is 7.18. The summed E-state index contributed by atoms with van der Waals surface area (Å²) in [5.41, 5.74) is 6.22. The Labute approximate surface area is 228 Å². The van der Waals surface area contributed by atoms with Crippen LogP contribution in [0.2, 0.25) is 0 Å². The average molecular weight is 530 g/mol. The van der Waals surface area contributed by atoms with E-state index < -0.39 is 5.91 Å². The van der Waals surface area contributed by atoms with Gasteiger partial charge in [0.05, 0.1) is 24.3 Å². The van der Waals surface area contributed by atoms with Crippen molar-refractivity contribution in [2.24, 2.45) is 0 Å². The van der Waals surface area contributed by atoms with Crippen LogP contribution in [-0.2, 0) is 25.7 Å². The number of hydrogen-bond acceptors (Lipinski definition) is 5. The van der Waals surface area contributed by atoms with E-state index in [4.69, 9.17) is 5.10 Å². The first kappa shape index (κ1) is 27.8. The molecular formula is C30H35N5O4. The van der Waals surface area contributed by atoms with Gasteiger partial charge in [-0.05, 0) is 55.0 Å². The first-order valence-electron chi connectivity index (χ1n) is 13.3. The summed E-state index contributed by atoms with van der Waals surface area (Å²) in [4.78, 5) is 48.8. The van der Waals surface area contributed by atoms with Crippen molar-refractivity contribution in [3.05, 3.63) is 59.3 Å². The number of nitrogens with one attached hydrogen (secondary N) is 2. The molecule has 2 heterocycles. The minimum absolute atomic E-state index is 0.0491. The lowest BCUT2D eigenvalue weighted by atomic mass is 9.88. The number of nitrogens with zero attached hydrogens (tertiary/aromatic N) is 3. The van der Waals surface area contributed by atoms with Crippen LogP contribution in [0.25, 0.3) is 28.1 Å². The molecular weight excluding hydrogens is 494 g/mol. The standard InChI is InChI=1S/C30H35N5O4/c1-4-6-22-9-10-24(17-20(22)2)25-7-5-8-26-29(25)30(23-11-14-34(15-12-23)21(3)37)33-35(26)19-28(39)32-18-27(38)31-13-16-36/h4-10,16-17,23H,11-15,18-19H2,1-3H3,(H,31,38)(H,32,39)/b6-4-. The van der Waals surface area contributed by atoms with Crippen molar-refractivity contribution in [3.63, 3.8) is 0 Å². The lowest BCUT2D eigenvalue weighted by Crippen LogP contribution is -2.39. The molecule has 2 N–H and O–H groups in total. The smallest absolute Gasteiger partial charge is 0.242 e. The normalized spacial score (nSPS) is 14.1. The Bertz CT molecular complexity index is 1420. The van der Waals surface area contributed by atoms with Crippen LogP contribution in [-0.4, -0.2) is 64.9 Å². The van der Waals surface area contributed by atoms with E-state index in [9.17, 15) is 19.2 Å². The zero-order valence-electron chi connectivity index (χ0n) is 22.7. The average Bonchev–Trinajstić information content (AvgIpc) is 3.30. The van der Waals surface area contributed by atoms with E-state index in [1.54, 1.807) is 11.6 Å². The summed E-state index contributed by atoms with van der Waals surface area (Å²) in [6, 6.07) is 12.4. The Hall–Kier alpha value is -4.27. The van der Waals surface area contributed by atoms with Gasteiger partial charge in [0.2, 0.25) is 17.7 Å². The number of aryl methyl sites for hydroxylation is 1. The molecule has 1 saturated heterocycles. The Morgan fingerprint density at radius 1 is 1.08 bits per heavy atom. The van der Waals surface area contributed by atoms with Gasteiger partial charge in [-0.15, -0.1) is 0 Å². The number of likely N-dealkylation sites (tertiary alicyclic amines) is 1. The van der Waals surface area contributed by atoms with Crippen LogP contribution < -0.4 is 10.6 Å².